The molecule has 3 atom stereocenters. The van der Waals surface area contributed by atoms with Gasteiger partial charge in [0.05, 0.1) is 5.56 Å². The van der Waals surface area contributed by atoms with Crippen molar-refractivity contribution in [1.82, 2.24) is 4.98 Å². The predicted octanol–water partition coefficient (Wildman–Crippen LogP) is 1.82. The second-order valence-electron chi connectivity index (χ2n) is 10.0. The number of aliphatic hydroxyl groups excluding tert-OH is 2. The van der Waals surface area contributed by atoms with Crippen LogP contribution in [0.2, 0.25) is 0 Å². The van der Waals surface area contributed by atoms with Crippen LogP contribution in [0.3, 0.4) is 0 Å². The first-order valence-electron chi connectivity index (χ1n) is 10.9. The number of carbonyl (C=O) groups excluding carboxylic acids is 3. The Morgan fingerprint density at radius 3 is 2.56 bits per heavy atom. The molecule has 0 bridgehead atoms. The van der Waals surface area contributed by atoms with Gasteiger partial charge in [-0.3, -0.25) is 14.4 Å². The zero-order valence-electron chi connectivity index (χ0n) is 19.2. The Morgan fingerprint density at radius 1 is 1.26 bits per heavy atom. The molecule has 10 heteroatoms. The number of oxazole rings is 1. The smallest absolute Gasteiger partial charge is 0.255 e. The van der Waals surface area contributed by atoms with E-state index in [2.05, 4.69) is 4.98 Å². The number of benzene rings is 1. The van der Waals surface area contributed by atoms with Crippen LogP contribution in [-0.2, 0) is 15.0 Å². The predicted molar refractivity (Wildman–Crippen MR) is 120 cm³/mol. The van der Waals surface area contributed by atoms with E-state index in [0.717, 1.165) is 5.69 Å². The Kier molecular flexibility index (Phi) is 4.36. The fourth-order valence-corrected chi connectivity index (χ4v) is 6.01. The number of aromatic nitrogens is 1. The van der Waals surface area contributed by atoms with Crippen LogP contribution in [0, 0.1) is 11.8 Å². The van der Waals surface area contributed by atoms with Gasteiger partial charge in [-0.15, -0.1) is 0 Å². The third-order valence-corrected chi connectivity index (χ3v) is 7.69. The van der Waals surface area contributed by atoms with Crippen LogP contribution in [0.15, 0.2) is 39.5 Å². The molecule has 10 nitrogen and oxygen atoms in total. The molecule has 0 saturated carbocycles. The minimum Gasteiger partial charge on any atom is -0.511 e. The highest BCUT2D eigenvalue weighted by Crippen LogP contribution is 2.58. The minimum absolute atomic E-state index is 0.108. The summed E-state index contributed by atoms with van der Waals surface area (Å²) in [5.41, 5.74) is 3.46. The summed E-state index contributed by atoms with van der Waals surface area (Å²) < 4.78 is 5.56. The molecule has 0 radical (unpaired) electrons. The van der Waals surface area contributed by atoms with E-state index in [0.29, 0.717) is 11.1 Å². The van der Waals surface area contributed by atoms with Crippen LogP contribution < -0.4 is 10.6 Å². The molecule has 3 aliphatic rings. The first-order valence-corrected chi connectivity index (χ1v) is 10.9. The Hall–Kier alpha value is -3.66. The zero-order valence-corrected chi connectivity index (χ0v) is 19.2. The minimum atomic E-state index is -2.55. The van der Waals surface area contributed by atoms with Crippen LogP contribution in [0.25, 0.3) is 11.1 Å². The van der Waals surface area contributed by atoms with Gasteiger partial charge in [-0.25, -0.2) is 4.98 Å². The normalized spacial score (nSPS) is 28.0. The highest BCUT2D eigenvalue weighted by atomic mass is 16.3. The Balaban J connectivity index is 1.83. The van der Waals surface area contributed by atoms with Crippen LogP contribution in [0.5, 0.6) is 0 Å². The number of allylic oxidation sites excluding steroid dienone is 2. The Bertz CT molecular complexity index is 1380. The molecule has 5 N–H and O–H groups in total. The molecule has 0 aliphatic heterocycles. The summed E-state index contributed by atoms with van der Waals surface area (Å²) in [6, 6.07) is 1.83. The van der Waals surface area contributed by atoms with E-state index in [1.165, 1.54) is 6.39 Å². The third-order valence-electron chi connectivity index (χ3n) is 7.69. The van der Waals surface area contributed by atoms with Crippen molar-refractivity contribution in [1.29, 1.82) is 0 Å². The molecule has 34 heavy (non-hydrogen) atoms. The molecular weight excluding hydrogens is 442 g/mol. The van der Waals surface area contributed by atoms with E-state index < -0.39 is 57.4 Å². The quantitative estimate of drug-likeness (QED) is 0.482. The maximum Gasteiger partial charge on any atom is 0.255 e. The molecule has 1 aromatic heterocycles. The number of carbonyl (C=O) groups is 3. The van der Waals surface area contributed by atoms with Crippen molar-refractivity contribution in [2.45, 2.75) is 37.7 Å². The van der Waals surface area contributed by atoms with Gasteiger partial charge < -0.3 is 30.4 Å². The second-order valence-corrected chi connectivity index (χ2v) is 10.0. The van der Waals surface area contributed by atoms with Gasteiger partial charge in [0.2, 0.25) is 5.78 Å². The first kappa shape index (κ1) is 22.1. The molecular formula is C24H25N3O7. The van der Waals surface area contributed by atoms with Gasteiger partial charge in [-0.1, -0.05) is 13.8 Å². The lowest BCUT2D eigenvalue weighted by Crippen LogP contribution is -2.59. The number of anilines is 1. The third kappa shape index (κ3) is 2.48. The molecule has 1 aromatic carbocycles. The van der Waals surface area contributed by atoms with E-state index in [4.69, 9.17) is 10.2 Å². The lowest BCUT2D eigenvalue weighted by atomic mass is 9.53. The summed E-state index contributed by atoms with van der Waals surface area (Å²) in [5.74, 6) is -5.89. The molecule has 0 fully saturated rings. The van der Waals surface area contributed by atoms with Crippen LogP contribution in [0.4, 0.5) is 5.69 Å². The van der Waals surface area contributed by atoms with Crippen molar-refractivity contribution < 1.29 is 34.1 Å². The number of aliphatic hydroxyl groups is 3. The number of ketones is 2. The zero-order chi connectivity index (χ0) is 24.9. The van der Waals surface area contributed by atoms with Crippen LogP contribution >= 0.6 is 0 Å². The fraction of sp³-hybridized carbons (Fsp3) is 0.417. The summed E-state index contributed by atoms with van der Waals surface area (Å²) in [6.07, 6.45) is 1.09. The molecule has 2 aromatic rings. The van der Waals surface area contributed by atoms with Gasteiger partial charge in [0.1, 0.15) is 22.6 Å². The number of hydrogen-bond donors (Lipinski definition) is 4. The highest BCUT2D eigenvalue weighted by molar-refractivity contribution is 6.25. The molecule has 1 amide bonds. The number of rotatable bonds is 2. The molecule has 3 aliphatic carbocycles. The summed E-state index contributed by atoms with van der Waals surface area (Å²) in [7, 11) is 3.69. The van der Waals surface area contributed by atoms with Gasteiger partial charge in [0.15, 0.2) is 23.4 Å². The number of primary amides is 1. The van der Waals surface area contributed by atoms with Crippen LogP contribution in [-0.4, -0.2) is 57.5 Å². The number of amides is 1. The summed E-state index contributed by atoms with van der Waals surface area (Å²) >= 11 is 0. The average molecular weight is 467 g/mol. The maximum atomic E-state index is 13.9. The molecule has 2 unspecified atom stereocenters. The highest BCUT2D eigenvalue weighted by Gasteiger charge is 2.62. The van der Waals surface area contributed by atoms with Gasteiger partial charge in [0.25, 0.3) is 5.91 Å². The number of Topliss-reactive ketones (excluding diaryl/α,β-unsaturated/α-hetero) is 2. The first-order chi connectivity index (χ1) is 15.8. The van der Waals surface area contributed by atoms with Crippen molar-refractivity contribution >= 4 is 34.3 Å². The van der Waals surface area contributed by atoms with Gasteiger partial charge >= 0.3 is 0 Å². The van der Waals surface area contributed by atoms with E-state index in [9.17, 15) is 29.7 Å². The number of hydrogen-bond acceptors (Lipinski definition) is 9. The number of fused-ring (bicyclic) bond motifs is 5. The SMILES string of the molecule is CN(C)c1cc2ncoc2c2c1C(C)(C)C1CC3CC(O)=C(C(N)=O)C(=O)[C@@]3(O)C(O)=C1C2=O. The lowest BCUT2D eigenvalue weighted by Gasteiger charge is -2.51. The van der Waals surface area contributed by atoms with E-state index in [-0.39, 0.29) is 29.6 Å². The van der Waals surface area contributed by atoms with Gasteiger partial charge in [-0.05, 0) is 23.5 Å². The van der Waals surface area contributed by atoms with Crippen molar-refractivity contribution in [2.75, 3.05) is 19.0 Å². The van der Waals surface area contributed by atoms with Crippen molar-refractivity contribution in [3.63, 3.8) is 0 Å². The molecule has 1 heterocycles. The summed E-state index contributed by atoms with van der Waals surface area (Å²) in [6.45, 7) is 3.84. The molecule has 0 spiro atoms. The number of nitrogens with zero attached hydrogens (tertiary/aromatic N) is 2. The van der Waals surface area contributed by atoms with E-state index in [1.807, 2.05) is 38.9 Å². The Morgan fingerprint density at radius 2 is 1.94 bits per heavy atom. The topological polar surface area (TPSA) is 167 Å². The molecule has 0 saturated heterocycles. The largest absolute Gasteiger partial charge is 0.511 e. The second kappa shape index (κ2) is 6.69. The maximum absolute atomic E-state index is 13.9. The molecule has 178 valence electrons. The number of nitrogens with two attached hydrogens (primary N) is 1. The summed E-state index contributed by atoms with van der Waals surface area (Å²) in [5, 5.41) is 33.1. The standard InChI is InChI=1S/C24H25N3O7/c1-23(2)10-5-9-6-13(28)15(22(25)32)21(31)24(9,33)20(30)14(10)18(29)16-17(23)12(27(3)4)7-11-19(16)34-8-26-11/h7-10,28,30,33H,5-6H2,1-4H3,(H2,25,32)/t9?,10?,24-/m0/s1. The fourth-order valence-electron chi connectivity index (χ4n) is 6.01. The Labute approximate surface area is 194 Å². The monoisotopic (exact) mass is 467 g/mol. The van der Waals surface area contributed by atoms with Crippen molar-refractivity contribution in [2.24, 2.45) is 17.6 Å². The average Bonchev–Trinajstić information content (AvgIpc) is 3.21. The summed E-state index contributed by atoms with van der Waals surface area (Å²) in [4.78, 5) is 45.0. The van der Waals surface area contributed by atoms with Gasteiger partial charge in [-0.2, -0.15) is 0 Å². The van der Waals surface area contributed by atoms with Gasteiger partial charge in [0, 0.05) is 43.6 Å². The molecule has 5 rings (SSSR count). The van der Waals surface area contributed by atoms with Crippen LogP contribution in [0.1, 0.15) is 42.6 Å². The van der Waals surface area contributed by atoms with Crippen molar-refractivity contribution in [3.8, 4) is 0 Å². The van der Waals surface area contributed by atoms with Crippen molar-refractivity contribution in [3.05, 3.63) is 46.3 Å². The van der Waals surface area contributed by atoms with E-state index >= 15 is 0 Å². The lowest BCUT2D eigenvalue weighted by molar-refractivity contribution is -0.144. The van der Waals surface area contributed by atoms with E-state index in [1.54, 1.807) is 0 Å².